The van der Waals surface area contributed by atoms with Crippen molar-refractivity contribution in [1.29, 1.82) is 0 Å². The average Bonchev–Trinajstić information content (AvgIpc) is 2.54. The van der Waals surface area contributed by atoms with Crippen molar-refractivity contribution in [1.82, 2.24) is 10.0 Å². The highest BCUT2D eigenvalue weighted by molar-refractivity contribution is 8.17. The number of benzene rings is 1. The molecule has 0 unspecified atom stereocenters. The van der Waals surface area contributed by atoms with Crippen LogP contribution in [0.25, 0.3) is 0 Å². The lowest BCUT2D eigenvalue weighted by atomic mass is 10.1. The third-order valence-electron chi connectivity index (χ3n) is 3.61. The number of para-hydroxylation sites is 1. The fraction of sp³-hybridized carbons (Fsp3) is 0.444. The van der Waals surface area contributed by atoms with Gasteiger partial charge in [-0.25, -0.2) is 4.99 Å². The summed E-state index contributed by atoms with van der Waals surface area (Å²) in [6.07, 6.45) is 0.422. The van der Waals surface area contributed by atoms with E-state index in [1.54, 1.807) is 18.7 Å². The zero-order valence-corrected chi connectivity index (χ0v) is 16.0. The summed E-state index contributed by atoms with van der Waals surface area (Å²) < 4.78 is 0. The molecule has 1 aliphatic rings. The van der Waals surface area contributed by atoms with Crippen molar-refractivity contribution in [3.05, 3.63) is 40.4 Å². The van der Waals surface area contributed by atoms with Gasteiger partial charge in [0.2, 0.25) is 0 Å². The Morgan fingerprint density at radius 1 is 1.13 bits per heavy atom. The Labute approximate surface area is 144 Å². The van der Waals surface area contributed by atoms with E-state index in [1.165, 1.54) is 10.6 Å². The van der Waals surface area contributed by atoms with Crippen LogP contribution in [0.4, 0.5) is 5.69 Å². The van der Waals surface area contributed by atoms with Crippen LogP contribution >= 0.6 is 11.8 Å². The molecule has 0 saturated carbocycles. The lowest BCUT2D eigenvalue weighted by Gasteiger charge is -2.37. The van der Waals surface area contributed by atoms with E-state index in [2.05, 4.69) is 18.9 Å². The maximum absolute atomic E-state index is 11.4. The molecule has 0 N–H and O–H groups in total. The lowest BCUT2D eigenvalue weighted by Crippen LogP contribution is -2.41. The molecule has 4 nitrogen and oxygen atoms in total. The fourth-order valence-electron chi connectivity index (χ4n) is 2.09. The predicted octanol–water partition coefficient (Wildman–Crippen LogP) is 4.61. The van der Waals surface area contributed by atoms with Gasteiger partial charge in [-0.3, -0.25) is 14.8 Å². The van der Waals surface area contributed by atoms with Crippen molar-refractivity contribution in [2.24, 2.45) is 4.99 Å². The number of hydrazine groups is 1. The van der Waals surface area contributed by atoms with Gasteiger partial charge in [0, 0.05) is 31.1 Å². The molecule has 23 heavy (non-hydrogen) atoms. The molecule has 0 saturated heterocycles. The molecule has 2 rings (SSSR count). The van der Waals surface area contributed by atoms with Gasteiger partial charge >= 0.3 is 0 Å². The summed E-state index contributed by atoms with van der Waals surface area (Å²) in [7, 11) is 4.02. The van der Waals surface area contributed by atoms with Crippen LogP contribution in [-0.2, 0) is 11.2 Å². The standard InChI is InChI=1S/C16H21N3OS.C2H6/c1-11(20)10-14-8-6-7-9-15(14)17-16-19(5)18(4)12(2)13(3)21-16;1-2/h6-9H,10H2,1-5H3;1-2H3. The van der Waals surface area contributed by atoms with Crippen LogP contribution < -0.4 is 0 Å². The first-order valence-corrected chi connectivity index (χ1v) is 8.70. The van der Waals surface area contributed by atoms with Gasteiger partial charge in [0.15, 0.2) is 5.17 Å². The van der Waals surface area contributed by atoms with E-state index in [0.717, 1.165) is 16.4 Å². The molecule has 0 bridgehead atoms. The molecular formula is C18H27N3OS. The summed E-state index contributed by atoms with van der Waals surface area (Å²) in [6.45, 7) is 9.80. The van der Waals surface area contributed by atoms with E-state index in [1.807, 2.05) is 57.2 Å². The fourth-order valence-corrected chi connectivity index (χ4v) is 3.05. The Hall–Kier alpha value is -1.75. The second-order valence-electron chi connectivity index (χ2n) is 5.19. The van der Waals surface area contributed by atoms with Gasteiger partial charge in [0.25, 0.3) is 0 Å². The minimum absolute atomic E-state index is 0.149. The van der Waals surface area contributed by atoms with Gasteiger partial charge in [0.1, 0.15) is 5.78 Å². The number of amidine groups is 1. The molecule has 0 fully saturated rings. The lowest BCUT2D eigenvalue weighted by molar-refractivity contribution is -0.116. The van der Waals surface area contributed by atoms with Crippen LogP contribution in [0, 0.1) is 0 Å². The Morgan fingerprint density at radius 3 is 2.35 bits per heavy atom. The largest absolute Gasteiger partial charge is 0.300 e. The summed E-state index contributed by atoms with van der Waals surface area (Å²) in [5, 5.41) is 5.02. The summed E-state index contributed by atoms with van der Waals surface area (Å²) in [5.41, 5.74) is 3.05. The molecule has 1 heterocycles. The molecule has 1 aromatic rings. The van der Waals surface area contributed by atoms with Gasteiger partial charge in [-0.05, 0) is 32.4 Å². The number of hydrogen-bond donors (Lipinski definition) is 0. The number of thioether (sulfide) groups is 1. The number of Topliss-reactive ketones (excluding diaryl/α,β-unsaturated/α-hetero) is 1. The maximum atomic E-state index is 11.4. The molecule has 0 atom stereocenters. The normalized spacial score (nSPS) is 16.4. The minimum Gasteiger partial charge on any atom is -0.300 e. The van der Waals surface area contributed by atoms with Crippen molar-refractivity contribution in [2.75, 3.05) is 14.1 Å². The van der Waals surface area contributed by atoms with Crippen LogP contribution in [0.3, 0.4) is 0 Å². The van der Waals surface area contributed by atoms with Crippen LogP contribution in [-0.4, -0.2) is 35.1 Å². The first kappa shape index (κ1) is 19.3. The van der Waals surface area contributed by atoms with Gasteiger partial charge < -0.3 is 0 Å². The molecule has 0 amide bonds. The average molecular weight is 334 g/mol. The zero-order chi connectivity index (χ0) is 17.6. The molecule has 1 aromatic carbocycles. The van der Waals surface area contributed by atoms with Crippen molar-refractivity contribution in [3.8, 4) is 0 Å². The number of nitrogens with zero attached hydrogens (tertiary/aromatic N) is 3. The number of carbonyl (C=O) groups excluding carboxylic acids is 1. The van der Waals surface area contributed by atoms with Gasteiger partial charge in [-0.15, -0.1) is 0 Å². The minimum atomic E-state index is 0.149. The maximum Gasteiger partial charge on any atom is 0.187 e. The summed E-state index contributed by atoms with van der Waals surface area (Å²) in [4.78, 5) is 17.4. The predicted molar refractivity (Wildman–Crippen MR) is 101 cm³/mol. The molecular weight excluding hydrogens is 306 g/mol. The molecule has 126 valence electrons. The van der Waals surface area contributed by atoms with E-state index in [-0.39, 0.29) is 5.78 Å². The first-order valence-electron chi connectivity index (χ1n) is 7.89. The highest BCUT2D eigenvalue weighted by atomic mass is 32.2. The Morgan fingerprint density at radius 2 is 1.74 bits per heavy atom. The van der Waals surface area contributed by atoms with E-state index in [0.29, 0.717) is 6.42 Å². The third-order valence-corrected chi connectivity index (χ3v) is 4.75. The number of ketones is 1. The second kappa shape index (κ2) is 8.77. The van der Waals surface area contributed by atoms with E-state index in [9.17, 15) is 4.79 Å². The van der Waals surface area contributed by atoms with Crippen LogP contribution in [0.1, 0.15) is 40.2 Å². The Bertz CT molecular complexity index is 622. The third kappa shape index (κ3) is 4.86. The number of aliphatic imine (C=N–C) groups is 1. The quantitative estimate of drug-likeness (QED) is 0.809. The molecule has 0 radical (unpaired) electrons. The van der Waals surface area contributed by atoms with Crippen LogP contribution in [0.5, 0.6) is 0 Å². The van der Waals surface area contributed by atoms with Crippen LogP contribution in [0.2, 0.25) is 0 Å². The Balaban J connectivity index is 0.00000127. The van der Waals surface area contributed by atoms with E-state index < -0.39 is 0 Å². The van der Waals surface area contributed by atoms with Crippen LogP contribution in [0.15, 0.2) is 39.9 Å². The number of carbonyl (C=O) groups is 1. The molecule has 0 aromatic heterocycles. The van der Waals surface area contributed by atoms with Crippen molar-refractivity contribution in [2.45, 2.75) is 41.0 Å². The summed E-state index contributed by atoms with van der Waals surface area (Å²) >= 11 is 1.66. The second-order valence-corrected chi connectivity index (χ2v) is 6.37. The van der Waals surface area contributed by atoms with Crippen molar-refractivity contribution >= 4 is 28.4 Å². The highest BCUT2D eigenvalue weighted by Crippen LogP contribution is 2.32. The van der Waals surface area contributed by atoms with E-state index in [4.69, 9.17) is 4.99 Å². The number of allylic oxidation sites excluding steroid dienone is 2. The monoisotopic (exact) mass is 333 g/mol. The molecule has 0 spiro atoms. The zero-order valence-electron chi connectivity index (χ0n) is 15.2. The van der Waals surface area contributed by atoms with Crippen molar-refractivity contribution in [3.63, 3.8) is 0 Å². The first-order chi connectivity index (χ1) is 10.9. The smallest absolute Gasteiger partial charge is 0.187 e. The van der Waals surface area contributed by atoms with Gasteiger partial charge in [0.05, 0.1) is 5.69 Å². The number of hydrogen-bond acceptors (Lipinski definition) is 4. The number of rotatable bonds is 3. The van der Waals surface area contributed by atoms with Gasteiger partial charge in [-0.2, -0.15) is 0 Å². The topological polar surface area (TPSA) is 35.9 Å². The summed E-state index contributed by atoms with van der Waals surface area (Å²) in [5.74, 6) is 0.149. The van der Waals surface area contributed by atoms with E-state index >= 15 is 0 Å². The van der Waals surface area contributed by atoms with Crippen molar-refractivity contribution < 1.29 is 4.79 Å². The molecule has 5 heteroatoms. The Kier molecular flexibility index (Phi) is 7.36. The summed E-state index contributed by atoms with van der Waals surface area (Å²) in [6, 6.07) is 7.82. The van der Waals surface area contributed by atoms with Gasteiger partial charge in [-0.1, -0.05) is 43.8 Å². The molecule has 0 aliphatic carbocycles. The SMILES string of the molecule is CC.CC(=O)Cc1ccccc1N=C1SC(C)=C(C)N(C)N1C. The highest BCUT2D eigenvalue weighted by Gasteiger charge is 2.22. The molecule has 1 aliphatic heterocycles.